The van der Waals surface area contributed by atoms with Gasteiger partial charge < -0.3 is 9.47 Å². The van der Waals surface area contributed by atoms with E-state index in [-0.39, 0.29) is 11.6 Å². The molecule has 0 amide bonds. The van der Waals surface area contributed by atoms with Gasteiger partial charge in [0.2, 0.25) is 0 Å². The quantitative estimate of drug-likeness (QED) is 0.754. The average molecular weight is 240 g/mol. The molecule has 0 radical (unpaired) electrons. The number of ether oxygens (including phenoxy) is 2. The van der Waals surface area contributed by atoms with E-state index in [1.807, 2.05) is 6.92 Å². The first kappa shape index (κ1) is 13.8. The minimum absolute atomic E-state index is 0.237. The van der Waals surface area contributed by atoms with Crippen molar-refractivity contribution in [3.05, 3.63) is 23.0 Å². The highest BCUT2D eigenvalue weighted by atomic mass is 19.1. The SMILES string of the molecule is CCCCc1c(F)c(OC)cc(OC)c1CC. The van der Waals surface area contributed by atoms with Crippen molar-refractivity contribution in [3.8, 4) is 11.5 Å². The minimum atomic E-state index is -0.237. The Bertz CT molecular complexity index is 375. The second-order valence-corrected chi connectivity index (χ2v) is 4.01. The maximum Gasteiger partial charge on any atom is 0.168 e. The van der Waals surface area contributed by atoms with Crippen molar-refractivity contribution in [1.82, 2.24) is 0 Å². The van der Waals surface area contributed by atoms with Crippen molar-refractivity contribution in [2.45, 2.75) is 39.5 Å². The molecule has 0 aliphatic rings. The van der Waals surface area contributed by atoms with Crippen LogP contribution in [0, 0.1) is 5.82 Å². The van der Waals surface area contributed by atoms with Crippen LogP contribution in [-0.2, 0) is 12.8 Å². The first-order chi connectivity index (χ1) is 8.19. The monoisotopic (exact) mass is 240 g/mol. The third-order valence-corrected chi connectivity index (χ3v) is 2.98. The summed E-state index contributed by atoms with van der Waals surface area (Å²) >= 11 is 0. The summed E-state index contributed by atoms with van der Waals surface area (Å²) in [6.45, 7) is 4.11. The summed E-state index contributed by atoms with van der Waals surface area (Å²) < 4.78 is 24.5. The van der Waals surface area contributed by atoms with Crippen molar-refractivity contribution in [2.75, 3.05) is 14.2 Å². The number of unbranched alkanes of at least 4 members (excludes halogenated alkanes) is 1. The van der Waals surface area contributed by atoms with Crippen molar-refractivity contribution in [3.63, 3.8) is 0 Å². The van der Waals surface area contributed by atoms with E-state index in [4.69, 9.17) is 9.47 Å². The summed E-state index contributed by atoms with van der Waals surface area (Å²) in [6, 6.07) is 1.63. The minimum Gasteiger partial charge on any atom is -0.496 e. The zero-order valence-corrected chi connectivity index (χ0v) is 11.1. The largest absolute Gasteiger partial charge is 0.496 e. The van der Waals surface area contributed by atoms with Gasteiger partial charge >= 0.3 is 0 Å². The van der Waals surface area contributed by atoms with Crippen LogP contribution >= 0.6 is 0 Å². The molecule has 3 heteroatoms. The van der Waals surface area contributed by atoms with E-state index in [1.54, 1.807) is 13.2 Å². The molecule has 0 aromatic heterocycles. The highest BCUT2D eigenvalue weighted by Crippen LogP contribution is 2.33. The van der Waals surface area contributed by atoms with Crippen molar-refractivity contribution >= 4 is 0 Å². The molecule has 0 atom stereocenters. The topological polar surface area (TPSA) is 18.5 Å². The lowest BCUT2D eigenvalue weighted by Crippen LogP contribution is -2.03. The van der Waals surface area contributed by atoms with Crippen molar-refractivity contribution < 1.29 is 13.9 Å². The maximum atomic E-state index is 14.2. The summed E-state index contributed by atoms with van der Waals surface area (Å²) in [6.07, 6.45) is 3.52. The van der Waals surface area contributed by atoms with Gasteiger partial charge in [-0.15, -0.1) is 0 Å². The molecular formula is C14H21FO2. The Balaban J connectivity index is 3.28. The van der Waals surface area contributed by atoms with Gasteiger partial charge in [-0.1, -0.05) is 20.3 Å². The van der Waals surface area contributed by atoms with E-state index in [9.17, 15) is 4.39 Å². The number of rotatable bonds is 6. The van der Waals surface area contributed by atoms with Gasteiger partial charge in [-0.3, -0.25) is 0 Å². The van der Waals surface area contributed by atoms with Crippen LogP contribution in [0.3, 0.4) is 0 Å². The zero-order chi connectivity index (χ0) is 12.8. The first-order valence-electron chi connectivity index (χ1n) is 6.11. The van der Waals surface area contributed by atoms with E-state index in [0.717, 1.165) is 42.6 Å². The molecule has 17 heavy (non-hydrogen) atoms. The molecule has 0 aliphatic heterocycles. The van der Waals surface area contributed by atoms with Gasteiger partial charge in [-0.25, -0.2) is 4.39 Å². The Kier molecular flexibility index (Phi) is 5.26. The predicted octanol–water partition coefficient (Wildman–Crippen LogP) is 3.75. The van der Waals surface area contributed by atoms with Crippen LogP contribution in [-0.4, -0.2) is 14.2 Å². The van der Waals surface area contributed by atoms with Gasteiger partial charge in [0, 0.05) is 11.6 Å². The van der Waals surface area contributed by atoms with Gasteiger partial charge in [0.25, 0.3) is 0 Å². The fourth-order valence-corrected chi connectivity index (χ4v) is 2.03. The molecule has 1 rings (SSSR count). The lowest BCUT2D eigenvalue weighted by atomic mass is 9.98. The normalized spacial score (nSPS) is 10.4. The molecule has 0 unspecified atom stereocenters. The van der Waals surface area contributed by atoms with Crippen LogP contribution in [0.25, 0.3) is 0 Å². The van der Waals surface area contributed by atoms with Crippen LogP contribution < -0.4 is 9.47 Å². The van der Waals surface area contributed by atoms with Crippen LogP contribution in [0.5, 0.6) is 11.5 Å². The molecule has 0 aliphatic carbocycles. The molecule has 0 bridgehead atoms. The van der Waals surface area contributed by atoms with Gasteiger partial charge in [-0.2, -0.15) is 0 Å². The molecule has 0 saturated heterocycles. The number of hydrogen-bond donors (Lipinski definition) is 0. The Morgan fingerprint density at radius 1 is 1.06 bits per heavy atom. The van der Waals surface area contributed by atoms with E-state index in [1.165, 1.54) is 7.11 Å². The summed E-state index contributed by atoms with van der Waals surface area (Å²) in [5.41, 5.74) is 1.70. The highest BCUT2D eigenvalue weighted by Gasteiger charge is 2.17. The first-order valence-corrected chi connectivity index (χ1v) is 6.11. The third kappa shape index (κ3) is 2.90. The number of hydrogen-bond acceptors (Lipinski definition) is 2. The third-order valence-electron chi connectivity index (χ3n) is 2.98. The smallest absolute Gasteiger partial charge is 0.168 e. The van der Waals surface area contributed by atoms with Crippen LogP contribution in [0.1, 0.15) is 37.8 Å². The van der Waals surface area contributed by atoms with Crippen LogP contribution in [0.15, 0.2) is 6.07 Å². The lowest BCUT2D eigenvalue weighted by Gasteiger charge is -2.16. The zero-order valence-electron chi connectivity index (χ0n) is 11.1. The summed E-state index contributed by atoms with van der Waals surface area (Å²) in [5.74, 6) is 0.751. The molecular weight excluding hydrogens is 219 g/mol. The van der Waals surface area contributed by atoms with Gasteiger partial charge in [-0.05, 0) is 24.8 Å². The highest BCUT2D eigenvalue weighted by molar-refractivity contribution is 5.48. The van der Waals surface area contributed by atoms with E-state index in [2.05, 4.69) is 6.92 Å². The number of methoxy groups -OCH3 is 2. The Morgan fingerprint density at radius 2 is 1.71 bits per heavy atom. The number of benzene rings is 1. The van der Waals surface area contributed by atoms with Gasteiger partial charge in [0.05, 0.1) is 14.2 Å². The number of halogens is 1. The fourth-order valence-electron chi connectivity index (χ4n) is 2.03. The molecule has 1 aromatic carbocycles. The van der Waals surface area contributed by atoms with E-state index < -0.39 is 0 Å². The molecule has 1 aromatic rings. The summed E-state index contributed by atoms with van der Waals surface area (Å²) in [7, 11) is 3.09. The molecule has 0 N–H and O–H groups in total. The second-order valence-electron chi connectivity index (χ2n) is 4.01. The van der Waals surface area contributed by atoms with Gasteiger partial charge in [0.15, 0.2) is 11.6 Å². The molecule has 0 spiro atoms. The second kappa shape index (κ2) is 6.48. The van der Waals surface area contributed by atoms with Crippen LogP contribution in [0.4, 0.5) is 4.39 Å². The van der Waals surface area contributed by atoms with Crippen LogP contribution in [0.2, 0.25) is 0 Å². The summed E-state index contributed by atoms with van der Waals surface area (Å²) in [4.78, 5) is 0. The maximum absolute atomic E-state index is 14.2. The Morgan fingerprint density at radius 3 is 2.18 bits per heavy atom. The predicted molar refractivity (Wildman–Crippen MR) is 67.5 cm³/mol. The van der Waals surface area contributed by atoms with Crippen molar-refractivity contribution in [2.24, 2.45) is 0 Å². The summed E-state index contributed by atoms with van der Waals surface area (Å²) in [5, 5.41) is 0. The van der Waals surface area contributed by atoms with Gasteiger partial charge in [0.1, 0.15) is 5.75 Å². The lowest BCUT2D eigenvalue weighted by molar-refractivity contribution is 0.368. The van der Waals surface area contributed by atoms with E-state index in [0.29, 0.717) is 0 Å². The Labute approximate surface area is 103 Å². The van der Waals surface area contributed by atoms with E-state index >= 15 is 0 Å². The van der Waals surface area contributed by atoms with Crippen molar-refractivity contribution in [1.29, 1.82) is 0 Å². The molecule has 0 saturated carbocycles. The Hall–Kier alpha value is -1.25. The molecule has 96 valence electrons. The average Bonchev–Trinajstić information content (AvgIpc) is 2.36. The molecule has 0 heterocycles. The fraction of sp³-hybridized carbons (Fsp3) is 0.571. The molecule has 2 nitrogen and oxygen atoms in total. The standard InChI is InChI=1S/C14H21FO2/c1-5-7-8-11-10(6-2)12(16-3)9-13(17-4)14(11)15/h9H,5-8H2,1-4H3. The molecule has 0 fully saturated rings.